The summed E-state index contributed by atoms with van der Waals surface area (Å²) < 4.78 is 0. The quantitative estimate of drug-likeness (QED) is 0.657. The molecular formula is C21H32O2. The molecule has 0 aromatic heterocycles. The highest BCUT2D eigenvalue weighted by Gasteiger charge is 2.60. The van der Waals surface area contributed by atoms with Gasteiger partial charge in [0.25, 0.3) is 0 Å². The molecule has 4 aliphatic rings. The van der Waals surface area contributed by atoms with Crippen molar-refractivity contribution in [2.75, 3.05) is 0 Å². The molecule has 0 aliphatic heterocycles. The predicted molar refractivity (Wildman–Crippen MR) is 92.9 cm³/mol. The minimum Gasteiger partial charge on any atom is -0.393 e. The van der Waals surface area contributed by atoms with E-state index in [1.807, 2.05) is 0 Å². The number of allylic oxidation sites excluding steroid dienone is 3. The normalized spacial score (nSPS) is 54.2. The molecule has 0 aromatic rings. The highest BCUT2D eigenvalue weighted by atomic mass is 16.3. The van der Waals surface area contributed by atoms with E-state index in [1.165, 1.54) is 18.4 Å². The number of fused-ring (bicyclic) bond motifs is 5. The summed E-state index contributed by atoms with van der Waals surface area (Å²) in [7, 11) is 0. The second-order valence-corrected chi connectivity index (χ2v) is 9.12. The first-order valence-corrected chi connectivity index (χ1v) is 9.61. The lowest BCUT2D eigenvalue weighted by Crippen LogP contribution is -2.55. The van der Waals surface area contributed by atoms with Gasteiger partial charge in [-0.1, -0.05) is 37.1 Å². The van der Waals surface area contributed by atoms with Gasteiger partial charge in [-0.2, -0.15) is 0 Å². The van der Waals surface area contributed by atoms with Crippen LogP contribution in [0.5, 0.6) is 0 Å². The molecule has 2 nitrogen and oxygen atoms in total. The smallest absolute Gasteiger partial charge is 0.0587 e. The third-order valence-corrected chi connectivity index (χ3v) is 8.21. The number of rotatable bonds is 0. The van der Waals surface area contributed by atoms with E-state index in [1.54, 1.807) is 5.57 Å². The van der Waals surface area contributed by atoms with Crippen LogP contribution < -0.4 is 0 Å². The second kappa shape index (κ2) is 5.20. The van der Waals surface area contributed by atoms with E-state index in [2.05, 4.69) is 32.9 Å². The Kier molecular flexibility index (Phi) is 3.59. The standard InChI is InChI=1S/C21H32O2/c1-4-13-6-8-17-16-7-5-14-11-15(22)9-10-20(14,2)19(16)18(23)12-21(13,17)3/h4-5,15-19,22-23H,6-12H2,1-3H3/b13-4-/t15-,16-,17-,18-,19+,20-,21+/m0/s1. The summed E-state index contributed by atoms with van der Waals surface area (Å²) >= 11 is 0. The van der Waals surface area contributed by atoms with Crippen LogP contribution in [0.3, 0.4) is 0 Å². The number of hydrogen-bond acceptors (Lipinski definition) is 2. The van der Waals surface area contributed by atoms with Gasteiger partial charge in [-0.3, -0.25) is 0 Å². The maximum absolute atomic E-state index is 11.2. The third kappa shape index (κ3) is 2.07. The Morgan fingerprint density at radius 3 is 2.70 bits per heavy atom. The lowest BCUT2D eigenvalue weighted by atomic mass is 9.47. The first-order valence-electron chi connectivity index (χ1n) is 9.61. The molecule has 23 heavy (non-hydrogen) atoms. The van der Waals surface area contributed by atoms with Crippen LogP contribution in [-0.2, 0) is 0 Å². The molecule has 7 atom stereocenters. The molecule has 4 rings (SSSR count). The van der Waals surface area contributed by atoms with Gasteiger partial charge in [-0.05, 0) is 80.5 Å². The van der Waals surface area contributed by atoms with Gasteiger partial charge in [0.1, 0.15) is 0 Å². The minimum atomic E-state index is -0.196. The summed E-state index contributed by atoms with van der Waals surface area (Å²) in [4.78, 5) is 0. The lowest BCUT2D eigenvalue weighted by molar-refractivity contribution is -0.107. The molecular weight excluding hydrogens is 284 g/mol. The topological polar surface area (TPSA) is 40.5 Å². The molecule has 128 valence electrons. The highest BCUT2D eigenvalue weighted by molar-refractivity contribution is 5.30. The third-order valence-electron chi connectivity index (χ3n) is 8.21. The Balaban J connectivity index is 1.74. The average molecular weight is 316 g/mol. The van der Waals surface area contributed by atoms with Crippen molar-refractivity contribution < 1.29 is 10.2 Å². The zero-order valence-electron chi connectivity index (χ0n) is 14.9. The summed E-state index contributed by atoms with van der Waals surface area (Å²) in [6.07, 6.45) is 11.7. The van der Waals surface area contributed by atoms with Gasteiger partial charge < -0.3 is 10.2 Å². The van der Waals surface area contributed by atoms with Gasteiger partial charge in [0, 0.05) is 0 Å². The molecule has 4 aliphatic carbocycles. The summed E-state index contributed by atoms with van der Waals surface area (Å²) in [6, 6.07) is 0. The van der Waals surface area contributed by atoms with Gasteiger partial charge in [-0.15, -0.1) is 0 Å². The Hall–Kier alpha value is -0.600. The molecule has 2 N–H and O–H groups in total. The van der Waals surface area contributed by atoms with Crippen molar-refractivity contribution in [3.05, 3.63) is 23.3 Å². The van der Waals surface area contributed by atoms with Gasteiger partial charge in [0.05, 0.1) is 12.2 Å². The van der Waals surface area contributed by atoms with Crippen LogP contribution in [0.25, 0.3) is 0 Å². The van der Waals surface area contributed by atoms with Crippen molar-refractivity contribution in [1.29, 1.82) is 0 Å². The van der Waals surface area contributed by atoms with Crippen LogP contribution in [-0.4, -0.2) is 22.4 Å². The molecule has 3 fully saturated rings. The van der Waals surface area contributed by atoms with Gasteiger partial charge in [0.15, 0.2) is 0 Å². The maximum atomic E-state index is 11.2. The SMILES string of the molecule is C/C=C1/CC[C@H]2[C@@H]3CC=C4C[C@@H](O)CC[C@]4(C)[C@H]3[C@@H](O)C[C@]12C. The largest absolute Gasteiger partial charge is 0.393 e. The summed E-state index contributed by atoms with van der Waals surface area (Å²) in [5, 5.41) is 21.3. The molecule has 2 heteroatoms. The van der Waals surface area contributed by atoms with E-state index >= 15 is 0 Å². The number of hydrogen-bond donors (Lipinski definition) is 2. The lowest BCUT2D eigenvalue weighted by Gasteiger charge is -2.59. The minimum absolute atomic E-state index is 0.113. The number of aliphatic hydroxyl groups excluding tert-OH is 2. The van der Waals surface area contributed by atoms with E-state index in [9.17, 15) is 10.2 Å². The molecule has 3 saturated carbocycles. The molecule has 0 saturated heterocycles. The van der Waals surface area contributed by atoms with Crippen LogP contribution in [0.4, 0.5) is 0 Å². The van der Waals surface area contributed by atoms with Crippen LogP contribution in [0.2, 0.25) is 0 Å². The summed E-state index contributed by atoms with van der Waals surface area (Å²) in [5.41, 5.74) is 3.34. The van der Waals surface area contributed by atoms with Crippen molar-refractivity contribution in [2.24, 2.45) is 28.6 Å². The first kappa shape index (κ1) is 15.9. The second-order valence-electron chi connectivity index (χ2n) is 9.12. The zero-order chi connectivity index (χ0) is 16.4. The maximum Gasteiger partial charge on any atom is 0.0587 e. The molecule has 0 radical (unpaired) electrons. The molecule has 0 unspecified atom stereocenters. The van der Waals surface area contributed by atoms with E-state index in [0.29, 0.717) is 11.8 Å². The van der Waals surface area contributed by atoms with E-state index in [-0.39, 0.29) is 23.0 Å². The van der Waals surface area contributed by atoms with Crippen molar-refractivity contribution >= 4 is 0 Å². The molecule has 0 bridgehead atoms. The fourth-order valence-electron chi connectivity index (χ4n) is 7.09. The fourth-order valence-corrected chi connectivity index (χ4v) is 7.09. The van der Waals surface area contributed by atoms with E-state index in [4.69, 9.17) is 0 Å². The predicted octanol–water partition coefficient (Wildman–Crippen LogP) is 4.23. The van der Waals surface area contributed by atoms with Gasteiger partial charge in [-0.25, -0.2) is 0 Å². The highest BCUT2D eigenvalue weighted by Crippen LogP contribution is 2.66. The fraction of sp³-hybridized carbons (Fsp3) is 0.810. The Morgan fingerprint density at radius 1 is 1.17 bits per heavy atom. The Morgan fingerprint density at radius 2 is 1.96 bits per heavy atom. The molecule has 0 amide bonds. The average Bonchev–Trinajstić information content (AvgIpc) is 2.83. The molecule has 0 aromatic carbocycles. The number of aliphatic hydroxyl groups is 2. The first-order chi connectivity index (χ1) is 10.9. The summed E-state index contributed by atoms with van der Waals surface area (Å²) in [5.74, 6) is 1.73. The van der Waals surface area contributed by atoms with Gasteiger partial charge >= 0.3 is 0 Å². The van der Waals surface area contributed by atoms with Gasteiger partial charge in [0.2, 0.25) is 0 Å². The van der Waals surface area contributed by atoms with E-state index in [0.717, 1.165) is 38.0 Å². The van der Waals surface area contributed by atoms with Crippen LogP contribution in [0, 0.1) is 28.6 Å². The van der Waals surface area contributed by atoms with Crippen LogP contribution in [0.15, 0.2) is 23.3 Å². The Labute approximate surface area is 140 Å². The van der Waals surface area contributed by atoms with Crippen LogP contribution in [0.1, 0.15) is 65.7 Å². The Bertz CT molecular complexity index is 562. The van der Waals surface area contributed by atoms with Crippen LogP contribution >= 0.6 is 0 Å². The van der Waals surface area contributed by atoms with E-state index < -0.39 is 0 Å². The van der Waals surface area contributed by atoms with Crippen molar-refractivity contribution in [2.45, 2.75) is 77.9 Å². The summed E-state index contributed by atoms with van der Waals surface area (Å²) in [6.45, 7) is 6.95. The van der Waals surface area contributed by atoms with Crippen molar-refractivity contribution in [1.82, 2.24) is 0 Å². The molecule has 0 spiro atoms. The zero-order valence-corrected chi connectivity index (χ0v) is 14.9. The van der Waals surface area contributed by atoms with Crippen molar-refractivity contribution in [3.8, 4) is 0 Å². The van der Waals surface area contributed by atoms with Crippen molar-refractivity contribution in [3.63, 3.8) is 0 Å². The molecule has 0 heterocycles. The monoisotopic (exact) mass is 316 g/mol.